The second-order valence-corrected chi connectivity index (χ2v) is 5.36. The summed E-state index contributed by atoms with van der Waals surface area (Å²) in [7, 11) is 6.14. The van der Waals surface area contributed by atoms with Gasteiger partial charge in [-0.25, -0.2) is 0 Å². The van der Waals surface area contributed by atoms with Gasteiger partial charge in [-0.2, -0.15) is 0 Å². The Labute approximate surface area is 102 Å². The van der Waals surface area contributed by atoms with Gasteiger partial charge in [0.25, 0.3) is 0 Å². The third kappa shape index (κ3) is 5.61. The van der Waals surface area contributed by atoms with Crippen LogP contribution in [0.15, 0.2) is 12.1 Å². The van der Waals surface area contributed by atoms with E-state index >= 15 is 0 Å². The predicted octanol–water partition coefficient (Wildman–Crippen LogP) is 1.94. The molecule has 4 heteroatoms. The summed E-state index contributed by atoms with van der Waals surface area (Å²) in [6, 6.07) is 4.32. The molecule has 0 fully saturated rings. The first-order chi connectivity index (χ1) is 7.72. The zero-order valence-electron chi connectivity index (χ0n) is 10.5. The van der Waals surface area contributed by atoms with Crippen LogP contribution in [0.4, 0.5) is 0 Å². The lowest BCUT2D eigenvalue weighted by Gasteiger charge is -2.08. The summed E-state index contributed by atoms with van der Waals surface area (Å²) in [5.74, 6) is 0. The van der Waals surface area contributed by atoms with Crippen LogP contribution in [-0.4, -0.2) is 39.2 Å². The van der Waals surface area contributed by atoms with E-state index in [1.165, 1.54) is 9.75 Å². The van der Waals surface area contributed by atoms with Gasteiger partial charge in [-0.05, 0) is 46.2 Å². The molecule has 0 amide bonds. The molecule has 1 N–H and O–H groups in total. The van der Waals surface area contributed by atoms with Gasteiger partial charge in [0, 0.05) is 22.9 Å². The highest BCUT2D eigenvalue weighted by Gasteiger charge is 1.99. The van der Waals surface area contributed by atoms with Crippen molar-refractivity contribution in [3.63, 3.8) is 0 Å². The van der Waals surface area contributed by atoms with E-state index in [-0.39, 0.29) is 0 Å². The van der Waals surface area contributed by atoms with Crippen LogP contribution < -0.4 is 5.32 Å². The van der Waals surface area contributed by atoms with Crippen LogP contribution in [0.25, 0.3) is 0 Å². The highest BCUT2D eigenvalue weighted by atomic mass is 32.1. The van der Waals surface area contributed by atoms with Crippen LogP contribution in [-0.2, 0) is 17.9 Å². The number of hydrogen-bond acceptors (Lipinski definition) is 4. The van der Waals surface area contributed by atoms with Crippen molar-refractivity contribution in [2.75, 3.05) is 34.3 Å². The maximum atomic E-state index is 5.62. The Morgan fingerprint density at radius 3 is 2.75 bits per heavy atom. The minimum absolute atomic E-state index is 0.752. The molecule has 0 bridgehead atoms. The van der Waals surface area contributed by atoms with E-state index in [1.54, 1.807) is 0 Å². The fourth-order valence-electron chi connectivity index (χ4n) is 1.42. The van der Waals surface area contributed by atoms with Crippen molar-refractivity contribution < 1.29 is 4.74 Å². The van der Waals surface area contributed by atoms with Crippen LogP contribution in [0.2, 0.25) is 0 Å². The first kappa shape index (κ1) is 13.6. The fourth-order valence-corrected chi connectivity index (χ4v) is 2.39. The van der Waals surface area contributed by atoms with Gasteiger partial charge in [0.15, 0.2) is 0 Å². The quantitative estimate of drug-likeness (QED) is 0.705. The SMILES string of the molecule is CNCc1ccc(COCCCN(C)C)s1. The first-order valence-electron chi connectivity index (χ1n) is 5.67. The summed E-state index contributed by atoms with van der Waals surface area (Å²) < 4.78 is 5.62. The molecule has 1 heterocycles. The normalized spacial score (nSPS) is 11.2. The topological polar surface area (TPSA) is 24.5 Å². The van der Waals surface area contributed by atoms with Crippen molar-refractivity contribution in [2.24, 2.45) is 0 Å². The first-order valence-corrected chi connectivity index (χ1v) is 6.48. The summed E-state index contributed by atoms with van der Waals surface area (Å²) in [6.07, 6.45) is 1.10. The molecular formula is C12H22N2OS. The lowest BCUT2D eigenvalue weighted by atomic mass is 10.4. The highest BCUT2D eigenvalue weighted by Crippen LogP contribution is 2.17. The van der Waals surface area contributed by atoms with Gasteiger partial charge in [-0.1, -0.05) is 0 Å². The molecular weight excluding hydrogens is 220 g/mol. The van der Waals surface area contributed by atoms with Crippen LogP contribution in [0.1, 0.15) is 16.2 Å². The molecule has 0 atom stereocenters. The Balaban J connectivity index is 2.12. The average molecular weight is 242 g/mol. The third-order valence-electron chi connectivity index (χ3n) is 2.21. The monoisotopic (exact) mass is 242 g/mol. The molecule has 1 rings (SSSR count). The summed E-state index contributed by atoms with van der Waals surface area (Å²) in [4.78, 5) is 4.86. The molecule has 0 aliphatic rings. The number of rotatable bonds is 8. The lowest BCUT2D eigenvalue weighted by molar-refractivity contribution is 0.115. The van der Waals surface area contributed by atoms with E-state index in [0.29, 0.717) is 0 Å². The summed E-state index contributed by atoms with van der Waals surface area (Å²) in [5.41, 5.74) is 0. The van der Waals surface area contributed by atoms with E-state index in [1.807, 2.05) is 18.4 Å². The lowest BCUT2D eigenvalue weighted by Crippen LogP contribution is -2.14. The van der Waals surface area contributed by atoms with Gasteiger partial charge < -0.3 is 15.0 Å². The van der Waals surface area contributed by atoms with Crippen molar-refractivity contribution in [2.45, 2.75) is 19.6 Å². The molecule has 0 aliphatic heterocycles. The highest BCUT2D eigenvalue weighted by molar-refractivity contribution is 7.11. The van der Waals surface area contributed by atoms with Crippen LogP contribution >= 0.6 is 11.3 Å². The van der Waals surface area contributed by atoms with E-state index in [4.69, 9.17) is 4.74 Å². The number of hydrogen-bond donors (Lipinski definition) is 1. The summed E-state index contributed by atoms with van der Waals surface area (Å²) >= 11 is 1.82. The van der Waals surface area contributed by atoms with Gasteiger partial charge in [0.2, 0.25) is 0 Å². The molecule has 0 aromatic carbocycles. The van der Waals surface area contributed by atoms with Gasteiger partial charge in [0.05, 0.1) is 6.61 Å². The second kappa shape index (κ2) is 7.79. The smallest absolute Gasteiger partial charge is 0.0809 e. The van der Waals surface area contributed by atoms with Gasteiger partial charge >= 0.3 is 0 Å². The van der Waals surface area contributed by atoms with Crippen molar-refractivity contribution in [1.82, 2.24) is 10.2 Å². The second-order valence-electron chi connectivity index (χ2n) is 4.11. The Bertz CT molecular complexity index is 286. The molecule has 0 saturated heterocycles. The van der Waals surface area contributed by atoms with Crippen LogP contribution in [0, 0.1) is 0 Å². The zero-order valence-corrected chi connectivity index (χ0v) is 11.3. The molecule has 0 spiro atoms. The standard InChI is InChI=1S/C12H22N2OS/c1-13-9-11-5-6-12(16-11)10-15-8-4-7-14(2)3/h5-6,13H,4,7-10H2,1-3H3. The summed E-state index contributed by atoms with van der Waals surface area (Å²) in [5, 5.41) is 3.15. The van der Waals surface area contributed by atoms with E-state index in [2.05, 4.69) is 36.4 Å². The Hall–Kier alpha value is -0.420. The van der Waals surface area contributed by atoms with Gasteiger partial charge in [-0.3, -0.25) is 0 Å². The summed E-state index contributed by atoms with van der Waals surface area (Å²) in [6.45, 7) is 3.64. The molecule has 0 radical (unpaired) electrons. The third-order valence-corrected chi connectivity index (χ3v) is 3.27. The largest absolute Gasteiger partial charge is 0.376 e. The Kier molecular flexibility index (Phi) is 6.64. The van der Waals surface area contributed by atoms with Gasteiger partial charge in [0.1, 0.15) is 0 Å². The molecule has 0 saturated carbocycles. The van der Waals surface area contributed by atoms with Crippen molar-refractivity contribution in [3.8, 4) is 0 Å². The van der Waals surface area contributed by atoms with E-state index < -0.39 is 0 Å². The fraction of sp³-hybridized carbons (Fsp3) is 0.667. The van der Waals surface area contributed by atoms with Crippen molar-refractivity contribution in [3.05, 3.63) is 21.9 Å². The zero-order chi connectivity index (χ0) is 11.8. The maximum absolute atomic E-state index is 5.62. The molecule has 1 aromatic heterocycles. The maximum Gasteiger partial charge on any atom is 0.0809 e. The van der Waals surface area contributed by atoms with Crippen LogP contribution in [0.3, 0.4) is 0 Å². The molecule has 0 unspecified atom stereocenters. The molecule has 0 aliphatic carbocycles. The number of ether oxygens (including phenoxy) is 1. The minimum atomic E-state index is 0.752. The predicted molar refractivity (Wildman–Crippen MR) is 69.9 cm³/mol. The van der Waals surface area contributed by atoms with Crippen molar-refractivity contribution >= 4 is 11.3 Å². The minimum Gasteiger partial charge on any atom is -0.376 e. The van der Waals surface area contributed by atoms with E-state index in [9.17, 15) is 0 Å². The Morgan fingerprint density at radius 2 is 2.06 bits per heavy atom. The van der Waals surface area contributed by atoms with Crippen LogP contribution in [0.5, 0.6) is 0 Å². The molecule has 1 aromatic rings. The average Bonchev–Trinajstić information content (AvgIpc) is 2.65. The van der Waals surface area contributed by atoms with Crippen molar-refractivity contribution in [1.29, 1.82) is 0 Å². The molecule has 92 valence electrons. The molecule has 16 heavy (non-hydrogen) atoms. The molecule has 3 nitrogen and oxygen atoms in total. The number of nitrogens with zero attached hydrogens (tertiary/aromatic N) is 1. The Morgan fingerprint density at radius 1 is 1.31 bits per heavy atom. The van der Waals surface area contributed by atoms with Gasteiger partial charge in [-0.15, -0.1) is 11.3 Å². The number of nitrogens with one attached hydrogen (secondary N) is 1. The number of thiophene rings is 1. The van der Waals surface area contributed by atoms with E-state index in [0.717, 1.165) is 32.7 Å².